The van der Waals surface area contributed by atoms with Crippen molar-refractivity contribution in [3.8, 4) is 0 Å². The van der Waals surface area contributed by atoms with Crippen LogP contribution in [0, 0.1) is 0 Å². The fraction of sp³-hybridized carbons (Fsp3) is 1.00. The Balaban J connectivity index is 2.06. The minimum atomic E-state index is -2.78. The third-order valence-electron chi connectivity index (χ3n) is 3.01. The molecule has 1 aliphatic carbocycles. The second-order valence-electron chi connectivity index (χ2n) is 4.40. The Morgan fingerprint density at radius 1 is 1.40 bits per heavy atom. The molecule has 15 heavy (non-hydrogen) atoms. The van der Waals surface area contributed by atoms with E-state index in [4.69, 9.17) is 0 Å². The first-order valence-electron chi connectivity index (χ1n) is 5.41. The van der Waals surface area contributed by atoms with Crippen molar-refractivity contribution in [1.29, 1.82) is 0 Å². The van der Waals surface area contributed by atoms with Gasteiger partial charge in [0.1, 0.15) is 9.84 Å². The first-order valence-corrected chi connectivity index (χ1v) is 8.70. The van der Waals surface area contributed by atoms with Gasteiger partial charge in [0.2, 0.25) is 0 Å². The molecule has 0 aromatic rings. The van der Waals surface area contributed by atoms with Crippen molar-refractivity contribution in [3.05, 3.63) is 0 Å². The number of rotatable bonds is 7. The second-order valence-corrected chi connectivity index (χ2v) is 7.93. The molecule has 1 fully saturated rings. The molecule has 0 spiro atoms. The fourth-order valence-electron chi connectivity index (χ4n) is 1.80. The van der Waals surface area contributed by atoms with Crippen molar-refractivity contribution in [3.63, 3.8) is 0 Å². The number of hydrogen-bond donors (Lipinski definition) is 1. The summed E-state index contributed by atoms with van der Waals surface area (Å²) in [5.41, 5.74) is 0. The van der Waals surface area contributed by atoms with Crippen LogP contribution >= 0.6 is 11.8 Å². The van der Waals surface area contributed by atoms with E-state index >= 15 is 0 Å². The fourth-order valence-corrected chi connectivity index (χ4v) is 3.41. The summed E-state index contributed by atoms with van der Waals surface area (Å²) >= 11 is 1.94. The van der Waals surface area contributed by atoms with Gasteiger partial charge in [-0.1, -0.05) is 6.42 Å². The SMILES string of the molecule is CSC1(CNCCCS(C)(=O)=O)CCC1. The van der Waals surface area contributed by atoms with Gasteiger partial charge in [-0.3, -0.25) is 0 Å². The Hall–Kier alpha value is 0.260. The van der Waals surface area contributed by atoms with Crippen LogP contribution in [0.2, 0.25) is 0 Å². The van der Waals surface area contributed by atoms with Crippen LogP contribution < -0.4 is 5.32 Å². The average molecular weight is 251 g/mol. The summed E-state index contributed by atoms with van der Waals surface area (Å²) in [6.07, 6.45) is 8.12. The third kappa shape index (κ3) is 4.74. The summed E-state index contributed by atoms with van der Waals surface area (Å²) in [6, 6.07) is 0. The molecule has 0 aromatic heterocycles. The van der Waals surface area contributed by atoms with Gasteiger partial charge in [0.15, 0.2) is 0 Å². The maximum Gasteiger partial charge on any atom is 0.147 e. The molecular weight excluding hydrogens is 230 g/mol. The molecule has 0 aromatic carbocycles. The highest BCUT2D eigenvalue weighted by molar-refractivity contribution is 8.00. The topological polar surface area (TPSA) is 46.2 Å². The highest BCUT2D eigenvalue weighted by Crippen LogP contribution is 2.42. The molecule has 0 saturated heterocycles. The molecule has 90 valence electrons. The zero-order valence-corrected chi connectivity index (χ0v) is 11.2. The summed E-state index contributed by atoms with van der Waals surface area (Å²) in [6.45, 7) is 1.84. The lowest BCUT2D eigenvalue weighted by molar-refractivity contribution is 0.346. The van der Waals surface area contributed by atoms with Gasteiger partial charge >= 0.3 is 0 Å². The van der Waals surface area contributed by atoms with E-state index in [1.54, 1.807) is 0 Å². The predicted octanol–water partition coefficient (Wildman–Crippen LogP) is 1.30. The van der Waals surface area contributed by atoms with Gasteiger partial charge in [0, 0.05) is 17.5 Å². The second kappa shape index (κ2) is 5.55. The van der Waals surface area contributed by atoms with Gasteiger partial charge in [0.25, 0.3) is 0 Å². The molecule has 5 heteroatoms. The molecule has 3 nitrogen and oxygen atoms in total. The largest absolute Gasteiger partial charge is 0.315 e. The Kier molecular flexibility index (Phi) is 4.93. The van der Waals surface area contributed by atoms with E-state index in [0.717, 1.165) is 19.5 Å². The van der Waals surface area contributed by atoms with Crippen LogP contribution in [-0.2, 0) is 9.84 Å². The van der Waals surface area contributed by atoms with E-state index in [-0.39, 0.29) is 0 Å². The van der Waals surface area contributed by atoms with Crippen LogP contribution in [0.25, 0.3) is 0 Å². The standard InChI is InChI=1S/C10H21NO2S2/c1-14-10(5-3-6-10)9-11-7-4-8-15(2,12)13/h11H,3-9H2,1-2H3. The molecule has 0 bridgehead atoms. The normalized spacial score (nSPS) is 19.9. The molecule has 0 radical (unpaired) electrons. The third-order valence-corrected chi connectivity index (χ3v) is 5.46. The smallest absolute Gasteiger partial charge is 0.147 e. The van der Waals surface area contributed by atoms with Crippen LogP contribution in [0.4, 0.5) is 0 Å². The van der Waals surface area contributed by atoms with E-state index in [9.17, 15) is 8.42 Å². The number of hydrogen-bond acceptors (Lipinski definition) is 4. The first kappa shape index (κ1) is 13.3. The minimum absolute atomic E-state index is 0.298. The van der Waals surface area contributed by atoms with Gasteiger partial charge in [-0.15, -0.1) is 0 Å². The lowest BCUT2D eigenvalue weighted by Gasteiger charge is -2.40. The van der Waals surface area contributed by atoms with E-state index in [1.807, 2.05) is 11.8 Å². The van der Waals surface area contributed by atoms with E-state index in [1.165, 1.54) is 25.5 Å². The van der Waals surface area contributed by atoms with Gasteiger partial charge in [0.05, 0.1) is 5.75 Å². The Morgan fingerprint density at radius 3 is 2.47 bits per heavy atom. The Bertz CT molecular complexity index is 278. The van der Waals surface area contributed by atoms with Crippen LogP contribution in [0.15, 0.2) is 0 Å². The van der Waals surface area contributed by atoms with E-state index in [0.29, 0.717) is 10.5 Å². The van der Waals surface area contributed by atoms with E-state index < -0.39 is 9.84 Å². The molecule has 0 atom stereocenters. The van der Waals surface area contributed by atoms with Gasteiger partial charge in [-0.05, 0) is 32.1 Å². The summed E-state index contributed by atoms with van der Waals surface area (Å²) in [7, 11) is -2.78. The van der Waals surface area contributed by atoms with Crippen molar-refractivity contribution in [2.45, 2.75) is 30.4 Å². The molecule has 0 aliphatic heterocycles. The van der Waals surface area contributed by atoms with Crippen molar-refractivity contribution < 1.29 is 8.42 Å². The molecule has 0 heterocycles. The average Bonchev–Trinajstić information content (AvgIpc) is 2.06. The van der Waals surface area contributed by atoms with Crippen molar-refractivity contribution >= 4 is 21.6 Å². The monoisotopic (exact) mass is 251 g/mol. The molecule has 0 amide bonds. The maximum atomic E-state index is 10.9. The first-order chi connectivity index (χ1) is 6.97. The molecule has 0 unspecified atom stereocenters. The summed E-state index contributed by atoms with van der Waals surface area (Å²) in [4.78, 5) is 0. The van der Waals surface area contributed by atoms with Crippen LogP contribution in [0.5, 0.6) is 0 Å². The quantitative estimate of drug-likeness (QED) is 0.693. The van der Waals surface area contributed by atoms with Gasteiger partial charge in [-0.25, -0.2) is 8.42 Å². The van der Waals surface area contributed by atoms with Gasteiger partial charge < -0.3 is 5.32 Å². The van der Waals surface area contributed by atoms with Crippen molar-refractivity contribution in [2.75, 3.05) is 31.4 Å². The van der Waals surface area contributed by atoms with Crippen LogP contribution in [0.1, 0.15) is 25.7 Å². The predicted molar refractivity (Wildman–Crippen MR) is 67.3 cm³/mol. The maximum absolute atomic E-state index is 10.9. The summed E-state index contributed by atoms with van der Waals surface area (Å²) in [5, 5.41) is 3.37. The van der Waals surface area contributed by atoms with Crippen LogP contribution in [0.3, 0.4) is 0 Å². The Labute approximate surface area is 97.3 Å². The van der Waals surface area contributed by atoms with Gasteiger partial charge in [-0.2, -0.15) is 11.8 Å². The zero-order chi connectivity index (χ0) is 11.4. The number of sulfone groups is 1. The van der Waals surface area contributed by atoms with Crippen LogP contribution in [-0.4, -0.2) is 44.5 Å². The number of thioether (sulfide) groups is 1. The highest BCUT2D eigenvalue weighted by Gasteiger charge is 2.35. The highest BCUT2D eigenvalue weighted by atomic mass is 32.2. The van der Waals surface area contributed by atoms with Crippen molar-refractivity contribution in [2.24, 2.45) is 0 Å². The zero-order valence-electron chi connectivity index (χ0n) is 9.58. The molecule has 1 N–H and O–H groups in total. The number of nitrogens with one attached hydrogen (secondary N) is 1. The molecule has 1 saturated carbocycles. The molecule has 1 rings (SSSR count). The summed E-state index contributed by atoms with van der Waals surface area (Å²) < 4.78 is 22.2. The van der Waals surface area contributed by atoms with E-state index in [2.05, 4.69) is 11.6 Å². The Morgan fingerprint density at radius 2 is 2.07 bits per heavy atom. The lowest BCUT2D eigenvalue weighted by atomic mass is 9.84. The van der Waals surface area contributed by atoms with Crippen molar-refractivity contribution in [1.82, 2.24) is 5.32 Å². The lowest BCUT2D eigenvalue weighted by Crippen LogP contribution is -2.43. The minimum Gasteiger partial charge on any atom is -0.315 e. The molecular formula is C10H21NO2S2. The molecule has 1 aliphatic rings. The summed E-state index contributed by atoms with van der Waals surface area (Å²) in [5.74, 6) is 0.298.